The average molecular weight is 235 g/mol. The predicted molar refractivity (Wildman–Crippen MR) is 65.8 cm³/mol. The lowest BCUT2D eigenvalue weighted by Gasteiger charge is -2.09. The van der Waals surface area contributed by atoms with Gasteiger partial charge in [-0.05, 0) is 24.8 Å². The van der Waals surface area contributed by atoms with Gasteiger partial charge >= 0.3 is 0 Å². The van der Waals surface area contributed by atoms with E-state index in [1.165, 1.54) is 0 Å². The molecule has 0 saturated carbocycles. The number of hydrogen-bond donors (Lipinski definition) is 1. The molecule has 1 N–H and O–H groups in total. The molecule has 4 heteroatoms. The Morgan fingerprint density at radius 3 is 2.07 bits per heavy atom. The molecule has 0 bridgehead atoms. The number of nitrogens with one attached hydrogen (secondary N) is 1. The van der Waals surface area contributed by atoms with Gasteiger partial charge in [0.15, 0.2) is 9.84 Å². The first-order valence-electron chi connectivity index (χ1n) is 5.74. The summed E-state index contributed by atoms with van der Waals surface area (Å²) in [6.45, 7) is 9.69. The van der Waals surface area contributed by atoms with Crippen LogP contribution in [0.4, 0.5) is 0 Å². The summed E-state index contributed by atoms with van der Waals surface area (Å²) in [5, 5.41) is 3.17. The van der Waals surface area contributed by atoms with Crippen molar-refractivity contribution in [2.45, 2.75) is 34.1 Å². The van der Waals surface area contributed by atoms with Gasteiger partial charge in [-0.1, -0.05) is 27.7 Å². The summed E-state index contributed by atoms with van der Waals surface area (Å²) in [4.78, 5) is 0. The first kappa shape index (κ1) is 14.9. The van der Waals surface area contributed by atoms with Crippen molar-refractivity contribution in [2.75, 3.05) is 24.6 Å². The molecule has 0 spiro atoms. The van der Waals surface area contributed by atoms with Crippen molar-refractivity contribution < 1.29 is 8.42 Å². The third-order valence-corrected chi connectivity index (χ3v) is 4.08. The highest BCUT2D eigenvalue weighted by atomic mass is 32.2. The fourth-order valence-electron chi connectivity index (χ4n) is 1.33. The Kier molecular flexibility index (Phi) is 7.18. The van der Waals surface area contributed by atoms with E-state index in [0.29, 0.717) is 18.2 Å². The fraction of sp³-hybridized carbons (Fsp3) is 1.00. The van der Waals surface area contributed by atoms with E-state index in [0.717, 1.165) is 13.0 Å². The number of hydrogen-bond acceptors (Lipinski definition) is 3. The summed E-state index contributed by atoms with van der Waals surface area (Å²) >= 11 is 0. The highest BCUT2D eigenvalue weighted by Crippen LogP contribution is 2.00. The largest absolute Gasteiger partial charge is 0.316 e. The lowest BCUT2D eigenvalue weighted by molar-refractivity contribution is 0.541. The minimum atomic E-state index is -2.84. The minimum absolute atomic E-state index is 0.227. The van der Waals surface area contributed by atoms with E-state index >= 15 is 0 Å². The molecule has 0 amide bonds. The maximum atomic E-state index is 11.5. The summed E-state index contributed by atoms with van der Waals surface area (Å²) in [7, 11) is -2.84. The minimum Gasteiger partial charge on any atom is -0.316 e. The van der Waals surface area contributed by atoms with Gasteiger partial charge < -0.3 is 5.32 Å². The zero-order valence-corrected chi connectivity index (χ0v) is 11.2. The van der Waals surface area contributed by atoms with E-state index in [1.54, 1.807) is 0 Å². The van der Waals surface area contributed by atoms with E-state index in [-0.39, 0.29) is 11.7 Å². The van der Waals surface area contributed by atoms with Crippen molar-refractivity contribution in [1.29, 1.82) is 0 Å². The molecule has 0 saturated heterocycles. The zero-order valence-electron chi connectivity index (χ0n) is 10.4. The molecule has 0 unspecified atom stereocenters. The van der Waals surface area contributed by atoms with Crippen LogP contribution in [0.2, 0.25) is 0 Å². The van der Waals surface area contributed by atoms with Crippen molar-refractivity contribution in [3.8, 4) is 0 Å². The maximum Gasteiger partial charge on any atom is 0.151 e. The second-order valence-corrected chi connectivity index (χ2v) is 7.17. The van der Waals surface area contributed by atoms with Crippen molar-refractivity contribution in [3.63, 3.8) is 0 Å². The molecule has 0 aromatic carbocycles. The van der Waals surface area contributed by atoms with Crippen LogP contribution in [-0.4, -0.2) is 33.0 Å². The van der Waals surface area contributed by atoms with Gasteiger partial charge in [0.1, 0.15) is 0 Å². The lowest BCUT2D eigenvalue weighted by atomic mass is 10.1. The van der Waals surface area contributed by atoms with Gasteiger partial charge in [0.25, 0.3) is 0 Å². The second-order valence-electron chi connectivity index (χ2n) is 4.94. The first-order valence-corrected chi connectivity index (χ1v) is 7.57. The summed E-state index contributed by atoms with van der Waals surface area (Å²) in [5.74, 6) is 1.47. The molecule has 0 aliphatic heterocycles. The third kappa shape index (κ3) is 10.2. The standard InChI is InChI=1S/C11H25NO2S/c1-10(2)5-6-12-7-8-15(13,14)9-11(3)4/h10-12H,5-9H2,1-4H3. The monoisotopic (exact) mass is 235 g/mol. The van der Waals surface area contributed by atoms with Gasteiger partial charge in [-0.3, -0.25) is 0 Å². The molecule has 0 atom stereocenters. The second kappa shape index (κ2) is 7.23. The normalized spacial score (nSPS) is 12.7. The van der Waals surface area contributed by atoms with Crippen LogP contribution < -0.4 is 5.32 Å². The fourth-order valence-corrected chi connectivity index (χ4v) is 2.97. The Morgan fingerprint density at radius 2 is 1.60 bits per heavy atom. The van der Waals surface area contributed by atoms with Crippen LogP contribution in [0.15, 0.2) is 0 Å². The Balaban J connectivity index is 3.58. The SMILES string of the molecule is CC(C)CCNCCS(=O)(=O)CC(C)C. The van der Waals surface area contributed by atoms with Gasteiger partial charge in [0.05, 0.1) is 11.5 Å². The molecule has 3 nitrogen and oxygen atoms in total. The zero-order chi connectivity index (χ0) is 11.9. The van der Waals surface area contributed by atoms with Crippen molar-refractivity contribution in [3.05, 3.63) is 0 Å². The van der Waals surface area contributed by atoms with Crippen LogP contribution in [0.25, 0.3) is 0 Å². The maximum absolute atomic E-state index is 11.5. The predicted octanol–water partition coefficient (Wildman–Crippen LogP) is 1.69. The molecule has 0 fully saturated rings. The number of sulfone groups is 1. The van der Waals surface area contributed by atoms with Crippen molar-refractivity contribution in [2.24, 2.45) is 11.8 Å². The van der Waals surface area contributed by atoms with Crippen molar-refractivity contribution >= 4 is 9.84 Å². The van der Waals surface area contributed by atoms with Gasteiger partial charge in [0, 0.05) is 6.54 Å². The summed E-state index contributed by atoms with van der Waals surface area (Å²) in [6.07, 6.45) is 1.10. The van der Waals surface area contributed by atoms with Crippen LogP contribution in [0, 0.1) is 11.8 Å². The molecule has 0 rings (SSSR count). The quantitative estimate of drug-likeness (QED) is 0.651. The molecular weight excluding hydrogens is 210 g/mol. The van der Waals surface area contributed by atoms with Crippen LogP contribution in [-0.2, 0) is 9.84 Å². The Morgan fingerprint density at radius 1 is 1.00 bits per heavy atom. The number of rotatable bonds is 8. The lowest BCUT2D eigenvalue weighted by Crippen LogP contribution is -2.27. The van der Waals surface area contributed by atoms with Crippen molar-refractivity contribution in [1.82, 2.24) is 5.32 Å². The van der Waals surface area contributed by atoms with Gasteiger partial charge in [0.2, 0.25) is 0 Å². The summed E-state index contributed by atoms with van der Waals surface area (Å²) in [5.41, 5.74) is 0. The molecule has 0 heterocycles. The first-order chi connectivity index (χ1) is 6.83. The van der Waals surface area contributed by atoms with Crippen LogP contribution in [0.1, 0.15) is 34.1 Å². The van der Waals surface area contributed by atoms with Crippen LogP contribution in [0.5, 0.6) is 0 Å². The van der Waals surface area contributed by atoms with Crippen LogP contribution >= 0.6 is 0 Å². The summed E-state index contributed by atoms with van der Waals surface area (Å²) in [6, 6.07) is 0. The highest BCUT2D eigenvalue weighted by molar-refractivity contribution is 7.91. The molecule has 0 aromatic heterocycles. The highest BCUT2D eigenvalue weighted by Gasteiger charge is 2.12. The smallest absolute Gasteiger partial charge is 0.151 e. The van der Waals surface area contributed by atoms with Gasteiger partial charge in [-0.2, -0.15) is 0 Å². The summed E-state index contributed by atoms with van der Waals surface area (Å²) < 4.78 is 23.0. The topological polar surface area (TPSA) is 46.2 Å². The van der Waals surface area contributed by atoms with E-state index in [1.807, 2.05) is 13.8 Å². The van der Waals surface area contributed by atoms with E-state index < -0.39 is 9.84 Å². The third-order valence-electron chi connectivity index (χ3n) is 2.08. The Hall–Kier alpha value is -0.0900. The Labute approximate surface area is 94.6 Å². The molecule has 0 aliphatic carbocycles. The van der Waals surface area contributed by atoms with E-state index in [2.05, 4.69) is 19.2 Å². The van der Waals surface area contributed by atoms with Gasteiger partial charge in [-0.15, -0.1) is 0 Å². The molecule has 0 radical (unpaired) electrons. The molecule has 0 aliphatic rings. The van der Waals surface area contributed by atoms with Crippen LogP contribution in [0.3, 0.4) is 0 Å². The van der Waals surface area contributed by atoms with E-state index in [4.69, 9.17) is 0 Å². The van der Waals surface area contributed by atoms with Gasteiger partial charge in [-0.25, -0.2) is 8.42 Å². The molecular formula is C11H25NO2S. The Bertz CT molecular complexity index is 245. The molecule has 15 heavy (non-hydrogen) atoms. The molecule has 0 aromatic rings. The molecule has 92 valence electrons. The van der Waals surface area contributed by atoms with E-state index in [9.17, 15) is 8.42 Å². The average Bonchev–Trinajstić information content (AvgIpc) is 1.99.